The van der Waals surface area contributed by atoms with Crippen LogP contribution in [0.15, 0.2) is 0 Å². The fourth-order valence-corrected chi connectivity index (χ4v) is 1.44. The second kappa shape index (κ2) is 3.58. The summed E-state index contributed by atoms with van der Waals surface area (Å²) in [6, 6.07) is 2.14. The van der Waals surface area contributed by atoms with Crippen molar-refractivity contribution < 1.29 is 5.11 Å². The lowest BCUT2D eigenvalue weighted by Gasteiger charge is -2.10. The molecule has 0 amide bonds. The summed E-state index contributed by atoms with van der Waals surface area (Å²) in [4.78, 5) is 0. The van der Waals surface area contributed by atoms with Crippen LogP contribution in [0, 0.1) is 17.2 Å². The third kappa shape index (κ3) is 1.71. The first-order valence-electron chi connectivity index (χ1n) is 3.92. The Morgan fingerprint density at radius 3 is 2.60 bits per heavy atom. The van der Waals surface area contributed by atoms with Crippen LogP contribution in [0.1, 0.15) is 32.1 Å². The first-order chi connectivity index (χ1) is 4.84. The van der Waals surface area contributed by atoms with E-state index in [0.29, 0.717) is 0 Å². The Balaban J connectivity index is 2.45. The van der Waals surface area contributed by atoms with Crippen LogP contribution in [0.4, 0.5) is 0 Å². The molecular formula is C8H13NO. The molecule has 10 heavy (non-hydrogen) atoms. The molecule has 1 aliphatic rings. The van der Waals surface area contributed by atoms with Gasteiger partial charge in [0.1, 0.15) is 0 Å². The molecular weight excluding hydrogens is 126 g/mol. The molecule has 1 saturated carbocycles. The van der Waals surface area contributed by atoms with Crippen molar-refractivity contribution in [1.29, 1.82) is 5.26 Å². The maximum absolute atomic E-state index is 9.33. The van der Waals surface area contributed by atoms with Crippen LogP contribution in [0.25, 0.3) is 0 Å². The van der Waals surface area contributed by atoms with E-state index in [0.717, 1.165) is 25.7 Å². The molecule has 0 heterocycles. The average molecular weight is 139 g/mol. The SMILES string of the molecule is N#C[C@H]1CCCCC[C@H]1O. The molecule has 2 atom stereocenters. The Bertz CT molecular complexity index is 139. The monoisotopic (exact) mass is 139 g/mol. The van der Waals surface area contributed by atoms with Crippen molar-refractivity contribution in [1.82, 2.24) is 0 Å². The molecule has 0 aliphatic heterocycles. The van der Waals surface area contributed by atoms with Crippen molar-refractivity contribution in [2.24, 2.45) is 5.92 Å². The summed E-state index contributed by atoms with van der Waals surface area (Å²) in [5.74, 6) is -0.0949. The minimum atomic E-state index is -0.354. The Labute approximate surface area is 61.5 Å². The summed E-state index contributed by atoms with van der Waals surface area (Å²) in [7, 11) is 0. The molecule has 0 spiro atoms. The minimum absolute atomic E-state index is 0.0949. The summed E-state index contributed by atoms with van der Waals surface area (Å²) < 4.78 is 0. The molecule has 0 aromatic rings. The van der Waals surface area contributed by atoms with Crippen molar-refractivity contribution in [3.63, 3.8) is 0 Å². The van der Waals surface area contributed by atoms with Crippen LogP contribution in [-0.4, -0.2) is 11.2 Å². The van der Waals surface area contributed by atoms with Crippen LogP contribution >= 0.6 is 0 Å². The van der Waals surface area contributed by atoms with Crippen LogP contribution in [-0.2, 0) is 0 Å². The van der Waals surface area contributed by atoms with Crippen molar-refractivity contribution in [2.45, 2.75) is 38.2 Å². The van der Waals surface area contributed by atoms with Gasteiger partial charge in [-0.15, -0.1) is 0 Å². The van der Waals surface area contributed by atoms with Crippen LogP contribution < -0.4 is 0 Å². The third-order valence-corrected chi connectivity index (χ3v) is 2.15. The number of rotatable bonds is 0. The van der Waals surface area contributed by atoms with E-state index < -0.39 is 0 Å². The predicted octanol–water partition coefficient (Wildman–Crippen LogP) is 1.45. The standard InChI is InChI=1S/C8H13NO/c9-6-7-4-2-1-3-5-8(7)10/h7-8,10H,1-5H2/t7-,8-/m1/s1. The predicted molar refractivity (Wildman–Crippen MR) is 38.2 cm³/mol. The normalized spacial score (nSPS) is 34.4. The fourth-order valence-electron chi connectivity index (χ4n) is 1.44. The van der Waals surface area contributed by atoms with E-state index in [1.165, 1.54) is 6.42 Å². The number of hydrogen-bond donors (Lipinski definition) is 1. The zero-order chi connectivity index (χ0) is 7.40. The molecule has 56 valence electrons. The van der Waals surface area contributed by atoms with Gasteiger partial charge in [-0.25, -0.2) is 0 Å². The molecule has 2 heteroatoms. The summed E-state index contributed by atoms with van der Waals surface area (Å²) in [6.07, 6.45) is 4.72. The quantitative estimate of drug-likeness (QED) is 0.516. The second-order valence-corrected chi connectivity index (χ2v) is 2.94. The highest BCUT2D eigenvalue weighted by molar-refractivity contribution is 4.89. The maximum Gasteiger partial charge on any atom is 0.0722 e. The Hall–Kier alpha value is -0.550. The van der Waals surface area contributed by atoms with E-state index in [2.05, 4.69) is 6.07 Å². The summed E-state index contributed by atoms with van der Waals surface area (Å²) in [6.45, 7) is 0. The molecule has 0 unspecified atom stereocenters. The Morgan fingerprint density at radius 2 is 1.90 bits per heavy atom. The molecule has 1 fully saturated rings. The second-order valence-electron chi connectivity index (χ2n) is 2.94. The average Bonchev–Trinajstić information content (AvgIpc) is 2.13. The number of hydrogen-bond acceptors (Lipinski definition) is 2. The highest BCUT2D eigenvalue weighted by atomic mass is 16.3. The van der Waals surface area contributed by atoms with E-state index in [4.69, 9.17) is 5.26 Å². The van der Waals surface area contributed by atoms with Crippen molar-refractivity contribution in [3.05, 3.63) is 0 Å². The van der Waals surface area contributed by atoms with Gasteiger partial charge in [0, 0.05) is 0 Å². The van der Waals surface area contributed by atoms with Gasteiger partial charge < -0.3 is 5.11 Å². The third-order valence-electron chi connectivity index (χ3n) is 2.15. The zero-order valence-electron chi connectivity index (χ0n) is 6.08. The lowest BCUT2D eigenvalue weighted by atomic mass is 10.00. The maximum atomic E-state index is 9.33. The highest BCUT2D eigenvalue weighted by Crippen LogP contribution is 2.22. The van der Waals surface area contributed by atoms with Gasteiger partial charge in [0.2, 0.25) is 0 Å². The fraction of sp³-hybridized carbons (Fsp3) is 0.875. The van der Waals surface area contributed by atoms with E-state index in [9.17, 15) is 5.11 Å². The van der Waals surface area contributed by atoms with E-state index >= 15 is 0 Å². The van der Waals surface area contributed by atoms with Crippen LogP contribution in [0.2, 0.25) is 0 Å². The lowest BCUT2D eigenvalue weighted by Crippen LogP contribution is -2.16. The molecule has 1 rings (SSSR count). The van der Waals surface area contributed by atoms with E-state index in [1.807, 2.05) is 0 Å². The first-order valence-corrected chi connectivity index (χ1v) is 3.92. The van der Waals surface area contributed by atoms with Gasteiger partial charge >= 0.3 is 0 Å². The summed E-state index contributed by atoms with van der Waals surface area (Å²) in [5, 5.41) is 17.9. The molecule has 1 N–H and O–H groups in total. The minimum Gasteiger partial charge on any atom is -0.392 e. The van der Waals surface area contributed by atoms with Gasteiger partial charge in [-0.1, -0.05) is 19.3 Å². The molecule has 2 nitrogen and oxygen atoms in total. The van der Waals surface area contributed by atoms with Gasteiger partial charge in [0.05, 0.1) is 18.1 Å². The smallest absolute Gasteiger partial charge is 0.0722 e. The topological polar surface area (TPSA) is 44.0 Å². The largest absolute Gasteiger partial charge is 0.392 e. The van der Waals surface area contributed by atoms with Gasteiger partial charge in [-0.3, -0.25) is 0 Å². The van der Waals surface area contributed by atoms with Gasteiger partial charge in [-0.05, 0) is 12.8 Å². The first kappa shape index (κ1) is 7.56. The van der Waals surface area contributed by atoms with Gasteiger partial charge in [-0.2, -0.15) is 5.26 Å². The highest BCUT2D eigenvalue weighted by Gasteiger charge is 2.20. The summed E-state index contributed by atoms with van der Waals surface area (Å²) in [5.41, 5.74) is 0. The van der Waals surface area contributed by atoms with E-state index in [1.54, 1.807) is 0 Å². The lowest BCUT2D eigenvalue weighted by molar-refractivity contribution is 0.126. The van der Waals surface area contributed by atoms with Crippen molar-refractivity contribution in [2.75, 3.05) is 0 Å². The number of nitrogens with zero attached hydrogens (tertiary/aromatic N) is 1. The number of nitriles is 1. The molecule has 0 aromatic heterocycles. The number of aliphatic hydroxyl groups excluding tert-OH is 1. The van der Waals surface area contributed by atoms with E-state index in [-0.39, 0.29) is 12.0 Å². The molecule has 0 bridgehead atoms. The molecule has 1 aliphatic carbocycles. The molecule has 0 aromatic carbocycles. The van der Waals surface area contributed by atoms with Crippen LogP contribution in [0.5, 0.6) is 0 Å². The Morgan fingerprint density at radius 1 is 1.20 bits per heavy atom. The van der Waals surface area contributed by atoms with Crippen molar-refractivity contribution in [3.8, 4) is 6.07 Å². The zero-order valence-corrected chi connectivity index (χ0v) is 6.08. The molecule has 0 saturated heterocycles. The van der Waals surface area contributed by atoms with Crippen LogP contribution in [0.3, 0.4) is 0 Å². The van der Waals surface area contributed by atoms with Gasteiger partial charge in [0.15, 0.2) is 0 Å². The Kier molecular flexibility index (Phi) is 2.70. The molecule has 0 radical (unpaired) electrons. The summed E-state index contributed by atoms with van der Waals surface area (Å²) >= 11 is 0. The number of aliphatic hydroxyl groups is 1. The van der Waals surface area contributed by atoms with Crippen molar-refractivity contribution >= 4 is 0 Å². The van der Waals surface area contributed by atoms with Gasteiger partial charge in [0.25, 0.3) is 0 Å².